The van der Waals surface area contributed by atoms with Crippen molar-refractivity contribution < 1.29 is 9.59 Å². The van der Waals surface area contributed by atoms with Crippen LogP contribution in [0.1, 0.15) is 41.5 Å². The molecule has 3 aromatic rings. The minimum atomic E-state index is -0.159. The topological polar surface area (TPSA) is 107 Å². The zero-order valence-electron chi connectivity index (χ0n) is 21.6. The summed E-state index contributed by atoms with van der Waals surface area (Å²) >= 11 is 3.50. The van der Waals surface area contributed by atoms with Crippen LogP contribution < -0.4 is 20.4 Å². The number of rotatable bonds is 7. The molecule has 11 heteroatoms. The number of urea groups is 1. The number of nitrogens with zero attached hydrogens (tertiary/aromatic N) is 6. The van der Waals surface area contributed by atoms with Crippen molar-refractivity contribution in [3.63, 3.8) is 0 Å². The molecule has 198 valence electrons. The molecule has 2 N–H and O–H groups in total. The van der Waals surface area contributed by atoms with Crippen LogP contribution in [0.3, 0.4) is 0 Å². The Bertz CT molecular complexity index is 1420. The number of benzene rings is 1. The number of halogens is 1. The van der Waals surface area contributed by atoms with Crippen LogP contribution in [0.5, 0.6) is 0 Å². The molecule has 0 unspecified atom stereocenters. The van der Waals surface area contributed by atoms with E-state index in [1.165, 1.54) is 6.33 Å². The molecule has 2 aromatic heterocycles. The summed E-state index contributed by atoms with van der Waals surface area (Å²) in [6.07, 6.45) is 3.54. The maximum atomic E-state index is 12.7. The van der Waals surface area contributed by atoms with E-state index in [1.807, 2.05) is 32.0 Å². The van der Waals surface area contributed by atoms with Gasteiger partial charge in [-0.1, -0.05) is 15.9 Å². The molecule has 1 saturated heterocycles. The van der Waals surface area contributed by atoms with Crippen molar-refractivity contribution in [3.8, 4) is 0 Å². The standard InChI is InChI=1S/C27H31BrN8O2/c1-3-36-24-23-20(29-16-30-24)12-18(13-21(23)32-26(36)38)14-34-8-10-35(11-9-34)22-5-4-19(31-17(22)2)25(37)33-27(15-28)6-7-27/h4-5,12-13,16H,3,6-11,14-15H2,1-2H3,(H,32,38)(H,33,37). The van der Waals surface area contributed by atoms with Gasteiger partial charge in [-0.15, -0.1) is 0 Å². The van der Waals surface area contributed by atoms with Gasteiger partial charge in [0.05, 0.1) is 33.5 Å². The number of aryl methyl sites for hydroxylation is 1. The highest BCUT2D eigenvalue weighted by Crippen LogP contribution is 2.37. The number of nitrogens with one attached hydrogen (secondary N) is 2. The minimum Gasteiger partial charge on any atom is -0.368 e. The van der Waals surface area contributed by atoms with E-state index in [4.69, 9.17) is 0 Å². The fourth-order valence-corrected chi connectivity index (χ4v) is 6.07. The maximum Gasteiger partial charge on any atom is 0.327 e. The summed E-state index contributed by atoms with van der Waals surface area (Å²) in [5, 5.41) is 7.79. The van der Waals surface area contributed by atoms with Crippen molar-refractivity contribution in [1.82, 2.24) is 25.2 Å². The molecule has 38 heavy (non-hydrogen) atoms. The molecule has 2 aliphatic heterocycles. The van der Waals surface area contributed by atoms with Crippen molar-refractivity contribution in [3.05, 3.63) is 47.5 Å². The van der Waals surface area contributed by atoms with Crippen LogP contribution in [0.4, 0.5) is 22.0 Å². The molecule has 6 rings (SSSR count). The van der Waals surface area contributed by atoms with E-state index in [-0.39, 0.29) is 17.5 Å². The third-order valence-electron chi connectivity index (χ3n) is 7.73. The van der Waals surface area contributed by atoms with Gasteiger partial charge in [0.15, 0.2) is 0 Å². The second-order valence-electron chi connectivity index (χ2n) is 10.3. The van der Waals surface area contributed by atoms with Gasteiger partial charge in [0, 0.05) is 44.6 Å². The Labute approximate surface area is 229 Å². The zero-order valence-corrected chi connectivity index (χ0v) is 23.2. The Hall–Kier alpha value is -3.31. The number of carbonyl (C=O) groups excluding carboxylic acids is 2. The van der Waals surface area contributed by atoms with Gasteiger partial charge in [0.25, 0.3) is 5.91 Å². The van der Waals surface area contributed by atoms with Gasteiger partial charge in [-0.25, -0.2) is 19.7 Å². The molecular formula is C27H31BrN8O2. The number of hydrogen-bond donors (Lipinski definition) is 2. The number of alkyl halides is 1. The van der Waals surface area contributed by atoms with E-state index < -0.39 is 0 Å². The third-order valence-corrected chi connectivity index (χ3v) is 8.81. The number of piperazine rings is 1. The lowest BCUT2D eigenvalue weighted by Gasteiger charge is -2.36. The van der Waals surface area contributed by atoms with Crippen LogP contribution in [-0.2, 0) is 6.54 Å². The average Bonchev–Trinajstić information content (AvgIpc) is 3.69. The first-order valence-corrected chi connectivity index (χ1v) is 14.2. The molecule has 3 amide bonds. The van der Waals surface area contributed by atoms with E-state index in [1.54, 1.807) is 4.90 Å². The molecule has 2 fully saturated rings. The molecule has 0 bridgehead atoms. The first-order chi connectivity index (χ1) is 18.4. The molecule has 3 aliphatic rings. The second-order valence-corrected chi connectivity index (χ2v) is 10.9. The van der Waals surface area contributed by atoms with Crippen LogP contribution in [0, 0.1) is 6.92 Å². The lowest BCUT2D eigenvalue weighted by molar-refractivity contribution is 0.0931. The van der Waals surface area contributed by atoms with Crippen molar-refractivity contribution in [2.75, 3.05) is 53.2 Å². The summed E-state index contributed by atoms with van der Waals surface area (Å²) in [7, 11) is 0. The number of carbonyl (C=O) groups is 2. The fourth-order valence-electron chi connectivity index (χ4n) is 5.37. The third kappa shape index (κ3) is 4.58. The molecule has 10 nitrogen and oxygen atoms in total. The SMILES string of the molecule is CCN1C(=O)Nc2cc(CN3CCN(c4ccc(C(=O)NC5(CBr)CC5)nc4C)CC3)cc3ncnc1c23. The largest absolute Gasteiger partial charge is 0.368 e. The maximum absolute atomic E-state index is 12.7. The molecule has 0 spiro atoms. The lowest BCUT2D eigenvalue weighted by atomic mass is 10.1. The smallest absolute Gasteiger partial charge is 0.327 e. The van der Waals surface area contributed by atoms with Crippen LogP contribution in [0.25, 0.3) is 10.9 Å². The summed E-state index contributed by atoms with van der Waals surface area (Å²) in [6, 6.07) is 7.84. The highest BCUT2D eigenvalue weighted by Gasteiger charge is 2.43. The van der Waals surface area contributed by atoms with Crippen molar-refractivity contribution in [2.24, 2.45) is 0 Å². The van der Waals surface area contributed by atoms with Gasteiger partial charge in [0.2, 0.25) is 0 Å². The number of pyridine rings is 1. The van der Waals surface area contributed by atoms with Gasteiger partial charge in [-0.2, -0.15) is 0 Å². The number of aromatic nitrogens is 3. The molecule has 0 atom stereocenters. The van der Waals surface area contributed by atoms with Gasteiger partial charge in [-0.05, 0) is 56.5 Å². The van der Waals surface area contributed by atoms with E-state index in [0.29, 0.717) is 18.1 Å². The Balaban J connectivity index is 1.12. The number of anilines is 3. The van der Waals surface area contributed by atoms with Crippen molar-refractivity contribution >= 4 is 56.0 Å². The Morgan fingerprint density at radius 2 is 1.95 bits per heavy atom. The summed E-state index contributed by atoms with van der Waals surface area (Å²) in [5.41, 5.74) is 5.05. The fraction of sp³-hybridized carbons (Fsp3) is 0.444. The highest BCUT2D eigenvalue weighted by atomic mass is 79.9. The normalized spacial score (nSPS) is 18.4. The van der Waals surface area contributed by atoms with Gasteiger partial charge < -0.3 is 15.5 Å². The number of hydrogen-bond acceptors (Lipinski definition) is 7. The van der Waals surface area contributed by atoms with Crippen LogP contribution in [0.2, 0.25) is 0 Å². The Morgan fingerprint density at radius 3 is 2.63 bits per heavy atom. The second kappa shape index (κ2) is 9.77. The van der Waals surface area contributed by atoms with Crippen LogP contribution >= 0.6 is 15.9 Å². The van der Waals surface area contributed by atoms with Gasteiger partial charge in [-0.3, -0.25) is 14.6 Å². The van der Waals surface area contributed by atoms with Crippen LogP contribution in [0.15, 0.2) is 30.6 Å². The van der Waals surface area contributed by atoms with Gasteiger partial charge in [0.1, 0.15) is 17.8 Å². The predicted molar refractivity (Wildman–Crippen MR) is 151 cm³/mol. The van der Waals surface area contributed by atoms with Crippen molar-refractivity contribution in [1.29, 1.82) is 0 Å². The monoisotopic (exact) mass is 578 g/mol. The summed E-state index contributed by atoms with van der Waals surface area (Å²) in [5.74, 6) is 0.561. The first-order valence-electron chi connectivity index (χ1n) is 13.1. The zero-order chi connectivity index (χ0) is 26.4. The molecule has 4 heterocycles. The van der Waals surface area contributed by atoms with E-state index in [0.717, 1.165) is 84.4 Å². The molecule has 0 radical (unpaired) electrons. The minimum absolute atomic E-state index is 0.0961. The molecule has 1 aliphatic carbocycles. The van der Waals surface area contributed by atoms with Crippen LogP contribution in [-0.4, -0.2) is 75.4 Å². The molecular weight excluding hydrogens is 548 g/mol. The van der Waals surface area contributed by atoms with E-state index >= 15 is 0 Å². The summed E-state index contributed by atoms with van der Waals surface area (Å²) in [4.78, 5) is 45.1. The Morgan fingerprint density at radius 1 is 1.16 bits per heavy atom. The van der Waals surface area contributed by atoms with E-state index in [2.05, 4.69) is 57.4 Å². The van der Waals surface area contributed by atoms with E-state index in [9.17, 15) is 9.59 Å². The lowest BCUT2D eigenvalue weighted by Crippen LogP contribution is -2.46. The number of amides is 3. The average molecular weight is 580 g/mol. The quantitative estimate of drug-likeness (QED) is 0.412. The molecule has 1 aromatic carbocycles. The summed E-state index contributed by atoms with van der Waals surface area (Å²) < 4.78 is 0. The Kier molecular flexibility index (Phi) is 6.43. The predicted octanol–water partition coefficient (Wildman–Crippen LogP) is 3.68. The highest BCUT2D eigenvalue weighted by molar-refractivity contribution is 9.09. The summed E-state index contributed by atoms with van der Waals surface area (Å²) in [6.45, 7) is 8.76. The van der Waals surface area contributed by atoms with Gasteiger partial charge >= 0.3 is 6.03 Å². The molecule has 1 saturated carbocycles. The van der Waals surface area contributed by atoms with Crippen molar-refractivity contribution in [2.45, 2.75) is 38.8 Å². The first kappa shape index (κ1) is 25.0.